The van der Waals surface area contributed by atoms with Gasteiger partial charge < -0.3 is 19.6 Å². The number of ether oxygens (including phenoxy) is 1. The van der Waals surface area contributed by atoms with Gasteiger partial charge in [0, 0.05) is 43.5 Å². The molecule has 0 aliphatic heterocycles. The van der Waals surface area contributed by atoms with Gasteiger partial charge in [-0.3, -0.25) is 4.98 Å². The van der Waals surface area contributed by atoms with E-state index in [0.717, 1.165) is 28.4 Å². The standard InChI is InChI=1S/C26H26N6O/c1-26(2,3)17-6-5-7-18(14-17)30-25-31-21-15-19(8-9-23(21)32(25)4)33-20-10-11-27-22(16-20)24-28-12-13-29-24/h5-16H,1-4H3,(H,28,29)(H,30,31). The molecule has 0 fully saturated rings. The van der Waals surface area contributed by atoms with E-state index in [0.29, 0.717) is 17.3 Å². The molecule has 3 heterocycles. The van der Waals surface area contributed by atoms with Crippen LogP contribution in [0.15, 0.2) is 73.2 Å². The molecule has 0 bridgehead atoms. The van der Waals surface area contributed by atoms with E-state index < -0.39 is 0 Å². The number of fused-ring (bicyclic) bond motifs is 1. The maximum atomic E-state index is 6.09. The molecule has 0 saturated heterocycles. The Labute approximate surface area is 192 Å². The monoisotopic (exact) mass is 438 g/mol. The fraction of sp³-hybridized carbons (Fsp3) is 0.192. The van der Waals surface area contributed by atoms with Crippen molar-refractivity contribution in [2.24, 2.45) is 7.05 Å². The van der Waals surface area contributed by atoms with E-state index in [-0.39, 0.29) is 5.41 Å². The highest BCUT2D eigenvalue weighted by atomic mass is 16.5. The van der Waals surface area contributed by atoms with Crippen LogP contribution >= 0.6 is 0 Å². The number of hydrogen-bond acceptors (Lipinski definition) is 5. The van der Waals surface area contributed by atoms with E-state index in [1.807, 2.05) is 41.9 Å². The predicted octanol–water partition coefficient (Wildman–Crippen LogP) is 6.19. The van der Waals surface area contributed by atoms with Gasteiger partial charge in [-0.1, -0.05) is 32.9 Å². The van der Waals surface area contributed by atoms with Gasteiger partial charge in [-0.2, -0.15) is 0 Å². The van der Waals surface area contributed by atoms with E-state index in [1.54, 1.807) is 18.6 Å². The highest BCUT2D eigenvalue weighted by Gasteiger charge is 2.15. The summed E-state index contributed by atoms with van der Waals surface area (Å²) in [7, 11) is 2.00. The highest BCUT2D eigenvalue weighted by Crippen LogP contribution is 2.30. The van der Waals surface area contributed by atoms with Crippen molar-refractivity contribution in [3.05, 3.63) is 78.8 Å². The van der Waals surface area contributed by atoms with Gasteiger partial charge in [-0.25, -0.2) is 9.97 Å². The van der Waals surface area contributed by atoms with Crippen molar-refractivity contribution >= 4 is 22.7 Å². The summed E-state index contributed by atoms with van der Waals surface area (Å²) in [4.78, 5) is 16.5. The van der Waals surface area contributed by atoms with Crippen LogP contribution in [0.25, 0.3) is 22.6 Å². The first kappa shape index (κ1) is 20.8. The molecular formula is C26H26N6O. The number of anilines is 2. The minimum Gasteiger partial charge on any atom is -0.457 e. The molecule has 7 heteroatoms. The normalized spacial score (nSPS) is 11.6. The van der Waals surface area contributed by atoms with Crippen LogP contribution in [0.3, 0.4) is 0 Å². The second-order valence-corrected chi connectivity index (χ2v) is 9.02. The molecule has 0 spiro atoms. The summed E-state index contributed by atoms with van der Waals surface area (Å²) in [5.41, 5.74) is 4.96. The molecule has 5 rings (SSSR count). The Balaban J connectivity index is 1.40. The first-order valence-corrected chi connectivity index (χ1v) is 10.8. The molecule has 2 N–H and O–H groups in total. The molecule has 7 nitrogen and oxygen atoms in total. The third kappa shape index (κ3) is 4.30. The van der Waals surface area contributed by atoms with Crippen molar-refractivity contribution < 1.29 is 4.74 Å². The molecule has 0 atom stereocenters. The van der Waals surface area contributed by atoms with Crippen LogP contribution in [0.1, 0.15) is 26.3 Å². The van der Waals surface area contributed by atoms with Crippen LogP contribution in [-0.4, -0.2) is 24.5 Å². The number of nitrogens with zero attached hydrogens (tertiary/aromatic N) is 4. The van der Waals surface area contributed by atoms with Gasteiger partial charge >= 0.3 is 0 Å². The highest BCUT2D eigenvalue weighted by molar-refractivity contribution is 5.81. The molecule has 0 radical (unpaired) electrons. The molecule has 2 aromatic carbocycles. The van der Waals surface area contributed by atoms with Crippen LogP contribution in [-0.2, 0) is 12.5 Å². The summed E-state index contributed by atoms with van der Waals surface area (Å²) in [6.07, 6.45) is 5.18. The third-order valence-corrected chi connectivity index (χ3v) is 5.54. The van der Waals surface area contributed by atoms with Crippen molar-refractivity contribution in [1.29, 1.82) is 0 Å². The molecule has 0 saturated carbocycles. The van der Waals surface area contributed by atoms with Crippen molar-refractivity contribution in [2.45, 2.75) is 26.2 Å². The number of H-pyrrole nitrogens is 1. The van der Waals surface area contributed by atoms with Gasteiger partial charge in [0.15, 0.2) is 5.82 Å². The topological polar surface area (TPSA) is 80.7 Å². The number of aryl methyl sites for hydroxylation is 1. The van der Waals surface area contributed by atoms with Gasteiger partial charge in [0.1, 0.15) is 17.2 Å². The Morgan fingerprint density at radius 3 is 2.58 bits per heavy atom. The summed E-state index contributed by atoms with van der Waals surface area (Å²) < 4.78 is 8.14. The van der Waals surface area contributed by atoms with Gasteiger partial charge in [0.25, 0.3) is 0 Å². The summed E-state index contributed by atoms with van der Waals surface area (Å²) in [6, 6.07) is 18.0. The van der Waals surface area contributed by atoms with E-state index in [9.17, 15) is 0 Å². The van der Waals surface area contributed by atoms with Crippen molar-refractivity contribution in [3.8, 4) is 23.0 Å². The van der Waals surface area contributed by atoms with Crippen molar-refractivity contribution in [2.75, 3.05) is 5.32 Å². The van der Waals surface area contributed by atoms with Crippen molar-refractivity contribution in [3.63, 3.8) is 0 Å². The predicted molar refractivity (Wildman–Crippen MR) is 131 cm³/mol. The van der Waals surface area contributed by atoms with E-state index >= 15 is 0 Å². The molecule has 0 aliphatic rings. The summed E-state index contributed by atoms with van der Waals surface area (Å²) in [6.45, 7) is 6.63. The van der Waals surface area contributed by atoms with Crippen LogP contribution in [0.5, 0.6) is 11.5 Å². The molecule has 5 aromatic rings. The number of aromatic nitrogens is 5. The van der Waals surface area contributed by atoms with Crippen LogP contribution < -0.4 is 10.1 Å². The second kappa shape index (κ2) is 8.09. The number of imidazole rings is 2. The average molecular weight is 439 g/mol. The zero-order valence-electron chi connectivity index (χ0n) is 19.1. The molecule has 166 valence electrons. The number of aromatic amines is 1. The first-order chi connectivity index (χ1) is 15.9. The fourth-order valence-corrected chi connectivity index (χ4v) is 3.69. The smallest absolute Gasteiger partial charge is 0.208 e. The molecule has 0 aliphatic carbocycles. The van der Waals surface area contributed by atoms with Crippen molar-refractivity contribution in [1.82, 2.24) is 24.5 Å². The minimum atomic E-state index is 0.0834. The molecule has 3 aromatic heterocycles. The lowest BCUT2D eigenvalue weighted by molar-refractivity contribution is 0.483. The van der Waals surface area contributed by atoms with Gasteiger partial charge in [-0.05, 0) is 41.3 Å². The Morgan fingerprint density at radius 1 is 0.939 bits per heavy atom. The number of pyridine rings is 1. The lowest BCUT2D eigenvalue weighted by Crippen LogP contribution is -2.11. The maximum absolute atomic E-state index is 6.09. The number of nitrogens with one attached hydrogen (secondary N) is 2. The number of rotatable bonds is 5. The van der Waals surface area contributed by atoms with E-state index in [1.165, 1.54) is 5.56 Å². The van der Waals surface area contributed by atoms with Crippen LogP contribution in [0.2, 0.25) is 0 Å². The zero-order chi connectivity index (χ0) is 23.0. The maximum Gasteiger partial charge on any atom is 0.208 e. The zero-order valence-corrected chi connectivity index (χ0v) is 19.1. The molecule has 33 heavy (non-hydrogen) atoms. The Bertz CT molecular complexity index is 1410. The molecular weight excluding hydrogens is 412 g/mol. The van der Waals surface area contributed by atoms with E-state index in [2.05, 4.69) is 65.3 Å². The molecule has 0 amide bonds. The lowest BCUT2D eigenvalue weighted by Gasteiger charge is -2.20. The Hall–Kier alpha value is -4.13. The van der Waals surface area contributed by atoms with Gasteiger partial charge in [-0.15, -0.1) is 0 Å². The lowest BCUT2D eigenvalue weighted by atomic mass is 9.87. The molecule has 0 unspecified atom stereocenters. The number of benzene rings is 2. The van der Waals surface area contributed by atoms with Crippen LogP contribution in [0.4, 0.5) is 11.6 Å². The summed E-state index contributed by atoms with van der Waals surface area (Å²) >= 11 is 0. The Morgan fingerprint density at radius 2 is 1.79 bits per heavy atom. The summed E-state index contributed by atoms with van der Waals surface area (Å²) in [5.74, 6) is 2.87. The fourth-order valence-electron chi connectivity index (χ4n) is 3.69. The average Bonchev–Trinajstić information content (AvgIpc) is 3.43. The number of hydrogen-bond donors (Lipinski definition) is 2. The third-order valence-electron chi connectivity index (χ3n) is 5.54. The SMILES string of the molecule is Cn1c(Nc2cccc(C(C)(C)C)c2)nc2cc(Oc3ccnc(-c4ncc[nH]4)c3)ccc21. The Kier molecular flexibility index (Phi) is 5.09. The van der Waals surface area contributed by atoms with E-state index in [4.69, 9.17) is 9.72 Å². The largest absolute Gasteiger partial charge is 0.457 e. The first-order valence-electron chi connectivity index (χ1n) is 10.8. The van der Waals surface area contributed by atoms with Gasteiger partial charge in [0.05, 0.1) is 11.0 Å². The minimum absolute atomic E-state index is 0.0834. The second-order valence-electron chi connectivity index (χ2n) is 9.02. The van der Waals surface area contributed by atoms with Gasteiger partial charge in [0.2, 0.25) is 5.95 Å². The summed E-state index contributed by atoms with van der Waals surface area (Å²) in [5, 5.41) is 3.46. The van der Waals surface area contributed by atoms with Crippen LogP contribution in [0, 0.1) is 0 Å². The quantitative estimate of drug-likeness (QED) is 0.342.